The lowest BCUT2D eigenvalue weighted by Gasteiger charge is -2.25. The number of nitrogens with zero attached hydrogens (tertiary/aromatic N) is 2. The molecule has 21 heavy (non-hydrogen) atoms. The molecule has 1 amide bonds. The molecule has 0 radical (unpaired) electrons. The highest BCUT2D eigenvalue weighted by Gasteiger charge is 2.35. The van der Waals surface area contributed by atoms with Gasteiger partial charge in [0.25, 0.3) is 11.5 Å². The zero-order valence-electron chi connectivity index (χ0n) is 11.7. The number of likely N-dealkylation sites (tertiary alicyclic amines) is 1. The van der Waals surface area contributed by atoms with Crippen LogP contribution < -0.4 is 5.56 Å². The second-order valence-corrected chi connectivity index (χ2v) is 5.46. The summed E-state index contributed by atoms with van der Waals surface area (Å²) in [5.74, 6) is 0.0128. The number of fused-ring (bicyclic) bond motifs is 1. The van der Waals surface area contributed by atoms with Crippen molar-refractivity contribution in [2.75, 3.05) is 13.2 Å². The van der Waals surface area contributed by atoms with Crippen LogP contribution in [0.25, 0.3) is 10.8 Å². The van der Waals surface area contributed by atoms with Gasteiger partial charge in [-0.2, -0.15) is 5.10 Å². The molecule has 0 spiro atoms. The molecule has 110 valence electrons. The Labute approximate surface area is 121 Å². The second-order valence-electron chi connectivity index (χ2n) is 5.46. The summed E-state index contributed by atoms with van der Waals surface area (Å²) in [6.07, 6.45) is 0.859. The number of aromatic nitrogens is 2. The number of rotatable bonds is 2. The number of hydrogen-bond donors (Lipinski definition) is 2. The number of carbonyl (C=O) groups is 1. The molecule has 1 fully saturated rings. The first-order valence-electron chi connectivity index (χ1n) is 7.02. The lowest BCUT2D eigenvalue weighted by molar-refractivity contribution is 0.0643. The van der Waals surface area contributed by atoms with E-state index >= 15 is 0 Å². The van der Waals surface area contributed by atoms with Crippen LogP contribution in [0.5, 0.6) is 0 Å². The van der Waals surface area contributed by atoms with E-state index in [0.29, 0.717) is 17.3 Å². The number of hydrogen-bond acceptors (Lipinski definition) is 4. The van der Waals surface area contributed by atoms with E-state index in [1.165, 1.54) is 0 Å². The van der Waals surface area contributed by atoms with Crippen molar-refractivity contribution in [1.29, 1.82) is 0 Å². The maximum Gasteiger partial charge on any atom is 0.275 e. The smallest absolute Gasteiger partial charge is 0.275 e. The summed E-state index contributed by atoms with van der Waals surface area (Å²) in [5.41, 5.74) is -0.0756. The Hall–Kier alpha value is -2.21. The van der Waals surface area contributed by atoms with Gasteiger partial charge in [0.05, 0.1) is 18.0 Å². The third-order valence-electron chi connectivity index (χ3n) is 4.23. The maximum atomic E-state index is 12.7. The van der Waals surface area contributed by atoms with Gasteiger partial charge in [-0.25, -0.2) is 5.10 Å². The van der Waals surface area contributed by atoms with Crippen molar-refractivity contribution in [3.63, 3.8) is 0 Å². The van der Waals surface area contributed by atoms with E-state index in [0.717, 1.165) is 6.42 Å². The van der Waals surface area contributed by atoms with Gasteiger partial charge in [0.15, 0.2) is 5.69 Å². The quantitative estimate of drug-likeness (QED) is 0.854. The predicted octanol–water partition coefficient (Wildman–Crippen LogP) is 0.766. The maximum absolute atomic E-state index is 12.7. The largest absolute Gasteiger partial charge is 0.394 e. The van der Waals surface area contributed by atoms with E-state index in [2.05, 4.69) is 10.2 Å². The minimum Gasteiger partial charge on any atom is -0.394 e. The summed E-state index contributed by atoms with van der Waals surface area (Å²) in [7, 11) is 0. The van der Waals surface area contributed by atoms with E-state index < -0.39 is 0 Å². The fourth-order valence-corrected chi connectivity index (χ4v) is 2.95. The van der Waals surface area contributed by atoms with Crippen molar-refractivity contribution in [1.82, 2.24) is 15.1 Å². The molecule has 1 saturated heterocycles. The van der Waals surface area contributed by atoms with Crippen molar-refractivity contribution in [2.24, 2.45) is 5.92 Å². The molecule has 0 aliphatic carbocycles. The molecule has 1 aromatic carbocycles. The first-order chi connectivity index (χ1) is 10.1. The molecule has 2 aromatic rings. The average molecular weight is 287 g/mol. The summed E-state index contributed by atoms with van der Waals surface area (Å²) >= 11 is 0. The molecule has 2 N–H and O–H groups in total. The number of benzene rings is 1. The van der Waals surface area contributed by atoms with Crippen LogP contribution in [0.2, 0.25) is 0 Å². The van der Waals surface area contributed by atoms with Gasteiger partial charge in [-0.05, 0) is 18.4 Å². The van der Waals surface area contributed by atoms with Crippen molar-refractivity contribution < 1.29 is 9.90 Å². The minimum absolute atomic E-state index is 0.0613. The van der Waals surface area contributed by atoms with Crippen molar-refractivity contribution in [2.45, 2.75) is 19.4 Å². The van der Waals surface area contributed by atoms with Crippen LogP contribution in [0.15, 0.2) is 29.1 Å². The van der Waals surface area contributed by atoms with Crippen LogP contribution in [0.3, 0.4) is 0 Å². The first kappa shape index (κ1) is 13.8. The highest BCUT2D eigenvalue weighted by atomic mass is 16.3. The Bertz CT molecular complexity index is 740. The molecule has 1 aromatic heterocycles. The SMILES string of the molecule is CC1CCN(C(=O)c2n[nH]c(=O)c3ccccc23)C1CO. The van der Waals surface area contributed by atoms with E-state index in [9.17, 15) is 14.7 Å². The molecule has 2 atom stereocenters. The third-order valence-corrected chi connectivity index (χ3v) is 4.23. The Balaban J connectivity index is 2.07. The van der Waals surface area contributed by atoms with Crippen LogP contribution in [0.1, 0.15) is 23.8 Å². The monoisotopic (exact) mass is 287 g/mol. The fraction of sp³-hybridized carbons (Fsp3) is 0.400. The van der Waals surface area contributed by atoms with Crippen molar-refractivity contribution in [3.8, 4) is 0 Å². The number of aliphatic hydroxyl groups is 1. The third kappa shape index (κ3) is 2.21. The Kier molecular flexibility index (Phi) is 3.47. The number of aliphatic hydroxyl groups excluding tert-OH is 1. The van der Waals surface area contributed by atoms with E-state index in [-0.39, 0.29) is 35.7 Å². The number of aromatic amines is 1. The van der Waals surface area contributed by atoms with Crippen molar-refractivity contribution in [3.05, 3.63) is 40.3 Å². The summed E-state index contributed by atoms with van der Waals surface area (Å²) in [5, 5.41) is 16.8. The Morgan fingerprint density at radius 3 is 2.86 bits per heavy atom. The van der Waals surface area contributed by atoms with Gasteiger partial charge in [-0.3, -0.25) is 9.59 Å². The molecule has 0 saturated carbocycles. The van der Waals surface area contributed by atoms with Crippen LogP contribution in [-0.2, 0) is 0 Å². The molecule has 2 heterocycles. The molecule has 1 aliphatic heterocycles. The minimum atomic E-state index is -0.310. The molecular weight excluding hydrogens is 270 g/mol. The van der Waals surface area contributed by atoms with E-state index in [1.54, 1.807) is 29.2 Å². The van der Waals surface area contributed by atoms with Gasteiger partial charge < -0.3 is 10.0 Å². The molecule has 1 aliphatic rings. The lowest BCUT2D eigenvalue weighted by atomic mass is 10.0. The van der Waals surface area contributed by atoms with Crippen LogP contribution >= 0.6 is 0 Å². The van der Waals surface area contributed by atoms with Crippen LogP contribution in [0, 0.1) is 5.92 Å². The fourth-order valence-electron chi connectivity index (χ4n) is 2.95. The highest BCUT2D eigenvalue weighted by molar-refractivity contribution is 6.04. The Morgan fingerprint density at radius 1 is 1.43 bits per heavy atom. The summed E-state index contributed by atoms with van der Waals surface area (Å²) < 4.78 is 0. The zero-order valence-corrected chi connectivity index (χ0v) is 11.7. The van der Waals surface area contributed by atoms with Crippen LogP contribution in [-0.4, -0.2) is 45.3 Å². The number of nitrogens with one attached hydrogen (secondary N) is 1. The van der Waals surface area contributed by atoms with Gasteiger partial charge in [0.1, 0.15) is 0 Å². The zero-order chi connectivity index (χ0) is 15.0. The molecule has 0 bridgehead atoms. The van der Waals surface area contributed by atoms with Crippen molar-refractivity contribution >= 4 is 16.7 Å². The molecule has 6 heteroatoms. The second kappa shape index (κ2) is 5.29. The highest BCUT2D eigenvalue weighted by Crippen LogP contribution is 2.26. The summed E-state index contributed by atoms with van der Waals surface area (Å²) in [6.45, 7) is 2.56. The Morgan fingerprint density at radius 2 is 2.14 bits per heavy atom. The lowest BCUT2D eigenvalue weighted by Crippen LogP contribution is -2.40. The molecular formula is C15H17N3O3. The average Bonchev–Trinajstić information content (AvgIpc) is 2.88. The van der Waals surface area contributed by atoms with Crippen LogP contribution in [0.4, 0.5) is 0 Å². The van der Waals surface area contributed by atoms with Gasteiger partial charge in [-0.15, -0.1) is 0 Å². The van der Waals surface area contributed by atoms with Gasteiger partial charge in [0, 0.05) is 11.9 Å². The van der Waals surface area contributed by atoms with Gasteiger partial charge >= 0.3 is 0 Å². The molecule has 6 nitrogen and oxygen atoms in total. The standard InChI is InChI=1S/C15H17N3O3/c1-9-6-7-18(12(9)8-19)15(21)13-10-4-2-3-5-11(10)14(20)17-16-13/h2-5,9,12,19H,6-8H2,1H3,(H,17,20). The van der Waals surface area contributed by atoms with E-state index in [1.807, 2.05) is 6.92 Å². The summed E-state index contributed by atoms with van der Waals surface area (Å²) in [4.78, 5) is 26.1. The van der Waals surface area contributed by atoms with Gasteiger partial charge in [0.2, 0.25) is 0 Å². The van der Waals surface area contributed by atoms with Gasteiger partial charge in [-0.1, -0.05) is 25.1 Å². The topological polar surface area (TPSA) is 86.3 Å². The molecule has 3 rings (SSSR count). The number of H-pyrrole nitrogens is 1. The molecule has 2 unspecified atom stereocenters. The normalized spacial score (nSPS) is 21.9. The predicted molar refractivity (Wildman–Crippen MR) is 78.1 cm³/mol. The van der Waals surface area contributed by atoms with E-state index in [4.69, 9.17) is 0 Å². The number of carbonyl (C=O) groups excluding carboxylic acids is 1. The first-order valence-corrected chi connectivity index (χ1v) is 7.02. The number of amides is 1. The summed E-state index contributed by atoms with van der Waals surface area (Å²) in [6, 6.07) is 6.72.